The normalized spacial score (nSPS) is 10.9. The minimum atomic E-state index is -0.201. The number of hydrogen-bond donors (Lipinski definition) is 2. The van der Waals surface area contributed by atoms with E-state index in [1.54, 1.807) is 6.07 Å². The highest BCUT2D eigenvalue weighted by Crippen LogP contribution is 2.14. The van der Waals surface area contributed by atoms with Gasteiger partial charge in [-0.3, -0.25) is 10.3 Å². The standard InChI is InChI=1S/C17H20FN3/c1-12-8-16(18)7-6-15(12)11-21(2)10-13-4-3-5-14(9-13)17(19)20/h3-9H,10-11H2,1-2H3,(H3,19,20). The average molecular weight is 285 g/mol. The summed E-state index contributed by atoms with van der Waals surface area (Å²) in [4.78, 5) is 2.15. The van der Waals surface area contributed by atoms with Crippen molar-refractivity contribution in [3.8, 4) is 0 Å². The quantitative estimate of drug-likeness (QED) is 0.655. The van der Waals surface area contributed by atoms with E-state index in [9.17, 15) is 4.39 Å². The monoisotopic (exact) mass is 285 g/mol. The molecule has 2 aromatic carbocycles. The second-order valence-electron chi connectivity index (χ2n) is 5.36. The van der Waals surface area contributed by atoms with Crippen LogP contribution < -0.4 is 5.73 Å². The number of nitrogens with one attached hydrogen (secondary N) is 1. The molecule has 0 aliphatic rings. The van der Waals surface area contributed by atoms with Gasteiger partial charge in [0.1, 0.15) is 11.7 Å². The lowest BCUT2D eigenvalue weighted by Crippen LogP contribution is -2.18. The van der Waals surface area contributed by atoms with Crippen LogP contribution in [0.5, 0.6) is 0 Å². The van der Waals surface area contributed by atoms with Crippen molar-refractivity contribution in [2.75, 3.05) is 7.05 Å². The van der Waals surface area contributed by atoms with Gasteiger partial charge >= 0.3 is 0 Å². The van der Waals surface area contributed by atoms with Crippen LogP contribution in [0.2, 0.25) is 0 Å². The van der Waals surface area contributed by atoms with Crippen molar-refractivity contribution in [2.45, 2.75) is 20.0 Å². The fraction of sp³-hybridized carbons (Fsp3) is 0.235. The highest BCUT2D eigenvalue weighted by atomic mass is 19.1. The molecule has 3 nitrogen and oxygen atoms in total. The molecule has 2 rings (SSSR count). The van der Waals surface area contributed by atoms with Crippen molar-refractivity contribution in [3.05, 3.63) is 70.5 Å². The van der Waals surface area contributed by atoms with E-state index >= 15 is 0 Å². The molecule has 0 unspecified atom stereocenters. The Kier molecular flexibility index (Phi) is 4.70. The third-order valence-corrected chi connectivity index (χ3v) is 3.44. The van der Waals surface area contributed by atoms with Crippen LogP contribution in [0.25, 0.3) is 0 Å². The van der Waals surface area contributed by atoms with E-state index in [4.69, 9.17) is 11.1 Å². The Bertz CT molecular complexity index is 652. The largest absolute Gasteiger partial charge is 0.384 e. The lowest BCUT2D eigenvalue weighted by Gasteiger charge is -2.18. The third kappa shape index (κ3) is 4.13. The molecule has 0 spiro atoms. The third-order valence-electron chi connectivity index (χ3n) is 3.44. The van der Waals surface area contributed by atoms with E-state index in [0.717, 1.165) is 35.3 Å². The van der Waals surface area contributed by atoms with E-state index < -0.39 is 0 Å². The van der Waals surface area contributed by atoms with Gasteiger partial charge in [0.2, 0.25) is 0 Å². The molecule has 110 valence electrons. The first kappa shape index (κ1) is 15.2. The fourth-order valence-corrected chi connectivity index (χ4v) is 2.33. The molecule has 0 atom stereocenters. The summed E-state index contributed by atoms with van der Waals surface area (Å²) in [6, 6.07) is 12.6. The molecule has 0 aromatic heterocycles. The van der Waals surface area contributed by atoms with Crippen molar-refractivity contribution in [2.24, 2.45) is 5.73 Å². The van der Waals surface area contributed by atoms with Gasteiger partial charge in [-0.15, -0.1) is 0 Å². The van der Waals surface area contributed by atoms with E-state index in [1.807, 2.05) is 44.3 Å². The minimum Gasteiger partial charge on any atom is -0.384 e. The number of benzene rings is 2. The summed E-state index contributed by atoms with van der Waals surface area (Å²) in [5.74, 6) is -0.123. The minimum absolute atomic E-state index is 0.0777. The lowest BCUT2D eigenvalue weighted by molar-refractivity contribution is 0.318. The van der Waals surface area contributed by atoms with Crippen molar-refractivity contribution in [1.82, 2.24) is 4.90 Å². The van der Waals surface area contributed by atoms with Crippen LogP contribution in [0.4, 0.5) is 4.39 Å². The lowest BCUT2D eigenvalue weighted by atomic mass is 10.1. The zero-order valence-electron chi connectivity index (χ0n) is 12.4. The average Bonchev–Trinajstić information content (AvgIpc) is 2.42. The van der Waals surface area contributed by atoms with E-state index in [2.05, 4.69) is 4.90 Å². The van der Waals surface area contributed by atoms with E-state index in [-0.39, 0.29) is 11.7 Å². The maximum Gasteiger partial charge on any atom is 0.123 e. The number of amidine groups is 1. The number of nitrogens with zero attached hydrogens (tertiary/aromatic N) is 1. The number of nitrogens with two attached hydrogens (primary N) is 1. The fourth-order valence-electron chi connectivity index (χ4n) is 2.33. The Morgan fingerprint density at radius 3 is 2.62 bits per heavy atom. The number of nitrogen functional groups attached to an aromatic ring is 1. The SMILES string of the molecule is Cc1cc(F)ccc1CN(C)Cc1cccc(C(=N)N)c1. The molecule has 0 heterocycles. The van der Waals surface area contributed by atoms with Crippen LogP contribution in [0.3, 0.4) is 0 Å². The van der Waals surface area contributed by atoms with Crippen LogP contribution in [0.1, 0.15) is 22.3 Å². The van der Waals surface area contributed by atoms with Gasteiger partial charge in [0.05, 0.1) is 0 Å². The van der Waals surface area contributed by atoms with Crippen molar-refractivity contribution in [3.63, 3.8) is 0 Å². The Hall–Kier alpha value is -2.20. The number of rotatable bonds is 5. The Morgan fingerprint density at radius 1 is 1.19 bits per heavy atom. The van der Waals surface area contributed by atoms with Crippen LogP contribution in [0, 0.1) is 18.2 Å². The Balaban J connectivity index is 2.06. The molecule has 0 saturated heterocycles. The molecular weight excluding hydrogens is 265 g/mol. The zero-order chi connectivity index (χ0) is 15.4. The molecule has 0 radical (unpaired) electrons. The number of hydrogen-bond acceptors (Lipinski definition) is 2. The van der Waals surface area contributed by atoms with Gasteiger partial charge in [-0.05, 0) is 48.9 Å². The first-order chi connectivity index (χ1) is 9.95. The summed E-state index contributed by atoms with van der Waals surface area (Å²) in [7, 11) is 2.02. The van der Waals surface area contributed by atoms with E-state index in [0.29, 0.717) is 0 Å². The predicted molar refractivity (Wildman–Crippen MR) is 83.8 cm³/mol. The zero-order valence-corrected chi connectivity index (χ0v) is 12.4. The first-order valence-electron chi connectivity index (χ1n) is 6.82. The van der Waals surface area contributed by atoms with Crippen LogP contribution in [-0.2, 0) is 13.1 Å². The molecule has 0 fully saturated rings. The van der Waals surface area contributed by atoms with E-state index in [1.165, 1.54) is 6.07 Å². The summed E-state index contributed by atoms with van der Waals surface area (Å²) in [5.41, 5.74) is 9.41. The predicted octanol–water partition coefficient (Wildman–Crippen LogP) is 3.05. The van der Waals surface area contributed by atoms with Crippen molar-refractivity contribution >= 4 is 5.84 Å². The summed E-state index contributed by atoms with van der Waals surface area (Å²) in [5, 5.41) is 7.47. The van der Waals surface area contributed by atoms with Crippen LogP contribution in [0.15, 0.2) is 42.5 Å². The second kappa shape index (κ2) is 6.50. The molecule has 0 bridgehead atoms. The molecule has 0 aliphatic heterocycles. The first-order valence-corrected chi connectivity index (χ1v) is 6.82. The molecule has 2 aromatic rings. The molecular formula is C17H20FN3. The summed E-state index contributed by atoms with van der Waals surface area (Å²) in [6.45, 7) is 3.41. The van der Waals surface area contributed by atoms with Gasteiger partial charge in [-0.1, -0.05) is 24.3 Å². The highest BCUT2D eigenvalue weighted by Gasteiger charge is 2.06. The van der Waals surface area contributed by atoms with Crippen molar-refractivity contribution in [1.29, 1.82) is 5.41 Å². The molecule has 0 amide bonds. The maximum atomic E-state index is 13.1. The van der Waals surface area contributed by atoms with Gasteiger partial charge in [0.15, 0.2) is 0 Å². The van der Waals surface area contributed by atoms with Gasteiger partial charge in [-0.25, -0.2) is 4.39 Å². The van der Waals surface area contributed by atoms with Crippen LogP contribution >= 0.6 is 0 Å². The highest BCUT2D eigenvalue weighted by molar-refractivity contribution is 5.95. The summed E-state index contributed by atoms with van der Waals surface area (Å²) < 4.78 is 13.1. The van der Waals surface area contributed by atoms with Gasteiger partial charge in [-0.2, -0.15) is 0 Å². The molecule has 0 saturated carbocycles. The molecule has 0 aliphatic carbocycles. The van der Waals surface area contributed by atoms with Crippen molar-refractivity contribution < 1.29 is 4.39 Å². The van der Waals surface area contributed by atoms with Gasteiger partial charge < -0.3 is 5.73 Å². The number of aryl methyl sites for hydroxylation is 1. The Morgan fingerprint density at radius 2 is 1.95 bits per heavy atom. The molecule has 21 heavy (non-hydrogen) atoms. The van der Waals surface area contributed by atoms with Gasteiger partial charge in [0.25, 0.3) is 0 Å². The smallest absolute Gasteiger partial charge is 0.123 e. The molecule has 4 heteroatoms. The maximum absolute atomic E-state index is 13.1. The Labute approximate surface area is 124 Å². The second-order valence-corrected chi connectivity index (χ2v) is 5.36. The number of halogens is 1. The topological polar surface area (TPSA) is 53.1 Å². The van der Waals surface area contributed by atoms with Gasteiger partial charge in [0, 0.05) is 18.7 Å². The summed E-state index contributed by atoms with van der Waals surface area (Å²) in [6.07, 6.45) is 0. The molecule has 3 N–H and O–H groups in total. The van der Waals surface area contributed by atoms with Crippen LogP contribution in [-0.4, -0.2) is 17.8 Å². The summed E-state index contributed by atoms with van der Waals surface area (Å²) >= 11 is 0.